The Hall–Kier alpha value is -3.52. The van der Waals surface area contributed by atoms with E-state index in [4.69, 9.17) is 5.73 Å². The highest BCUT2D eigenvalue weighted by Crippen LogP contribution is 2.27. The fourth-order valence-electron chi connectivity index (χ4n) is 3.67. The lowest BCUT2D eigenvalue weighted by atomic mass is 9.96. The van der Waals surface area contributed by atoms with Crippen LogP contribution in [0.1, 0.15) is 56.6 Å². The highest BCUT2D eigenvalue weighted by molar-refractivity contribution is 5.98. The molecule has 0 spiro atoms. The van der Waals surface area contributed by atoms with Gasteiger partial charge in [-0.05, 0) is 63.3 Å². The number of rotatable bonds is 7. The maximum absolute atomic E-state index is 12.6. The minimum Gasteiger partial charge on any atom is -0.382 e. The molecular formula is C25H31N5O3. The number of anilines is 2. The van der Waals surface area contributed by atoms with Crippen molar-refractivity contribution in [2.45, 2.75) is 59.1 Å². The van der Waals surface area contributed by atoms with E-state index in [9.17, 15) is 14.7 Å². The molecule has 0 saturated carbocycles. The van der Waals surface area contributed by atoms with Crippen LogP contribution in [0.15, 0.2) is 47.7 Å². The van der Waals surface area contributed by atoms with Gasteiger partial charge in [-0.1, -0.05) is 30.7 Å². The van der Waals surface area contributed by atoms with Crippen LogP contribution >= 0.6 is 0 Å². The quantitative estimate of drug-likeness (QED) is 0.513. The summed E-state index contributed by atoms with van der Waals surface area (Å²) in [4.78, 5) is 33.6. The topological polar surface area (TPSA) is 130 Å². The summed E-state index contributed by atoms with van der Waals surface area (Å²) in [6.45, 7) is 7.68. The zero-order valence-corrected chi connectivity index (χ0v) is 19.5. The van der Waals surface area contributed by atoms with Crippen LogP contribution in [0.3, 0.4) is 0 Å². The molecule has 1 aliphatic rings. The van der Waals surface area contributed by atoms with Crippen LogP contribution in [0.4, 0.5) is 11.5 Å². The molecule has 5 N–H and O–H groups in total. The van der Waals surface area contributed by atoms with E-state index in [0.29, 0.717) is 23.4 Å². The number of allylic oxidation sites excluding steroid dienone is 2. The molecule has 8 nitrogen and oxygen atoms in total. The van der Waals surface area contributed by atoms with Crippen LogP contribution in [0, 0.1) is 0 Å². The number of carbonyl (C=O) groups is 2. The highest BCUT2D eigenvalue weighted by atomic mass is 16.3. The van der Waals surface area contributed by atoms with Crippen molar-refractivity contribution in [2.75, 3.05) is 11.1 Å². The van der Waals surface area contributed by atoms with Gasteiger partial charge in [0.1, 0.15) is 0 Å². The summed E-state index contributed by atoms with van der Waals surface area (Å²) in [5.41, 5.74) is 10.5. The maximum Gasteiger partial charge on any atom is 0.273 e. The molecule has 1 unspecified atom stereocenters. The smallest absolute Gasteiger partial charge is 0.273 e. The average molecular weight is 450 g/mol. The van der Waals surface area contributed by atoms with E-state index in [1.165, 1.54) is 6.20 Å². The minimum absolute atomic E-state index is 0.0596. The molecule has 1 aliphatic carbocycles. The number of aryl methyl sites for hydroxylation is 1. The molecule has 1 aromatic heterocycles. The van der Waals surface area contributed by atoms with E-state index in [2.05, 4.69) is 20.6 Å². The van der Waals surface area contributed by atoms with Gasteiger partial charge in [-0.15, -0.1) is 0 Å². The Morgan fingerprint density at radius 3 is 2.70 bits per heavy atom. The number of amides is 2. The van der Waals surface area contributed by atoms with E-state index >= 15 is 0 Å². The van der Waals surface area contributed by atoms with Gasteiger partial charge in [0, 0.05) is 17.3 Å². The molecule has 1 aromatic carbocycles. The van der Waals surface area contributed by atoms with E-state index in [1.54, 1.807) is 6.07 Å². The third-order valence-electron chi connectivity index (χ3n) is 5.36. The summed E-state index contributed by atoms with van der Waals surface area (Å²) in [7, 11) is 0. The lowest BCUT2D eigenvalue weighted by Gasteiger charge is -2.17. The van der Waals surface area contributed by atoms with Crippen LogP contribution in [-0.4, -0.2) is 39.0 Å². The Balaban J connectivity index is 1.84. The Kier molecular flexibility index (Phi) is 7.60. The Morgan fingerprint density at radius 1 is 1.27 bits per heavy atom. The van der Waals surface area contributed by atoms with Crippen molar-refractivity contribution in [2.24, 2.45) is 0 Å². The minimum atomic E-state index is -1.23. The van der Waals surface area contributed by atoms with Crippen molar-refractivity contribution in [1.29, 1.82) is 0 Å². The normalized spacial score (nSPS) is 14.4. The molecule has 0 fully saturated rings. The van der Waals surface area contributed by atoms with Crippen LogP contribution in [-0.2, 0) is 11.2 Å². The fraction of sp³-hybridized carbons (Fsp3) is 0.360. The van der Waals surface area contributed by atoms with E-state index in [-0.39, 0.29) is 23.5 Å². The van der Waals surface area contributed by atoms with Crippen LogP contribution < -0.4 is 16.4 Å². The van der Waals surface area contributed by atoms with Crippen molar-refractivity contribution >= 4 is 23.3 Å². The molecule has 0 aliphatic heterocycles. The molecule has 0 saturated heterocycles. The first-order valence-electron chi connectivity index (χ1n) is 11.1. The predicted molar refractivity (Wildman–Crippen MR) is 130 cm³/mol. The molecule has 3 rings (SSSR count). The monoisotopic (exact) mass is 449 g/mol. The zero-order chi connectivity index (χ0) is 24.1. The summed E-state index contributed by atoms with van der Waals surface area (Å²) in [6, 6.07) is 5.33. The third kappa shape index (κ3) is 5.84. The van der Waals surface area contributed by atoms with Gasteiger partial charge in [-0.3, -0.25) is 9.59 Å². The van der Waals surface area contributed by atoms with Gasteiger partial charge < -0.3 is 21.5 Å². The number of nitrogens with one attached hydrogen (secondary N) is 2. The first-order chi connectivity index (χ1) is 15.7. The average Bonchev–Trinajstić information content (AvgIpc) is 2.78. The maximum atomic E-state index is 12.6. The second-order valence-corrected chi connectivity index (χ2v) is 8.47. The summed E-state index contributed by atoms with van der Waals surface area (Å²) >= 11 is 0. The lowest BCUT2D eigenvalue weighted by Crippen LogP contribution is -2.31. The molecule has 2 aromatic rings. The zero-order valence-electron chi connectivity index (χ0n) is 19.5. The number of aliphatic hydroxyl groups excluding tert-OH is 1. The highest BCUT2D eigenvalue weighted by Gasteiger charge is 2.21. The number of aliphatic hydroxyl groups is 1. The number of hydrogen-bond donors (Lipinski definition) is 4. The number of nitrogen functional groups attached to an aromatic ring is 1. The second-order valence-electron chi connectivity index (χ2n) is 8.47. The van der Waals surface area contributed by atoms with Crippen LogP contribution in [0.2, 0.25) is 0 Å². The molecule has 1 heterocycles. The fourth-order valence-corrected chi connectivity index (χ4v) is 3.67. The Morgan fingerprint density at radius 2 is 2.03 bits per heavy atom. The molecule has 174 valence electrons. The molecule has 2 amide bonds. The number of hydrogen-bond acceptors (Lipinski definition) is 6. The number of carbonyl (C=O) groups excluding carboxylic acids is 2. The van der Waals surface area contributed by atoms with E-state index in [0.717, 1.165) is 29.5 Å². The number of benzene rings is 1. The number of nitrogens with two attached hydrogens (primary N) is 1. The van der Waals surface area contributed by atoms with Crippen LogP contribution in [0.5, 0.6) is 0 Å². The van der Waals surface area contributed by atoms with Gasteiger partial charge in [-0.2, -0.15) is 0 Å². The third-order valence-corrected chi connectivity index (χ3v) is 5.36. The van der Waals surface area contributed by atoms with E-state index in [1.807, 2.05) is 52.0 Å². The molecule has 33 heavy (non-hydrogen) atoms. The second kappa shape index (κ2) is 10.4. The van der Waals surface area contributed by atoms with E-state index < -0.39 is 12.0 Å². The standard InChI is InChI=1S/C25H31N5O3/c1-5-16-12-18(29-25(33)22(31)17-8-6-7-15(4)11-17)9-10-19(16)20-13-27-23(26)21(30-20)24(32)28-14(2)3/h8-14,22,31H,5-7H2,1-4H3,(H2,26,27)(H,28,32)(H,29,33). The first-order valence-corrected chi connectivity index (χ1v) is 11.1. The lowest BCUT2D eigenvalue weighted by molar-refractivity contribution is -0.122. The SMILES string of the molecule is CCc1cc(NC(=O)C(O)C2=CCCC(C)=C2)ccc1-c1cnc(N)c(C(=O)NC(C)C)n1. The molecule has 1 atom stereocenters. The number of aromatic nitrogens is 2. The summed E-state index contributed by atoms with van der Waals surface area (Å²) in [5.74, 6) is -0.801. The Bertz CT molecular complexity index is 1120. The van der Waals surface area contributed by atoms with Crippen molar-refractivity contribution in [3.05, 3.63) is 59.0 Å². The number of nitrogens with zero attached hydrogens (tertiary/aromatic N) is 2. The van der Waals surface area contributed by atoms with Crippen molar-refractivity contribution < 1.29 is 14.7 Å². The van der Waals surface area contributed by atoms with Gasteiger partial charge in [0.25, 0.3) is 11.8 Å². The molecule has 0 bridgehead atoms. The summed E-state index contributed by atoms with van der Waals surface area (Å²) in [5, 5.41) is 16.0. The van der Waals surface area contributed by atoms with Gasteiger partial charge in [0.2, 0.25) is 0 Å². The molecule has 0 radical (unpaired) electrons. The predicted octanol–water partition coefficient (Wildman–Crippen LogP) is 3.39. The van der Waals surface area contributed by atoms with Crippen molar-refractivity contribution in [1.82, 2.24) is 15.3 Å². The Labute approximate surface area is 194 Å². The largest absolute Gasteiger partial charge is 0.382 e. The van der Waals surface area contributed by atoms with Crippen molar-refractivity contribution in [3.63, 3.8) is 0 Å². The van der Waals surface area contributed by atoms with Gasteiger partial charge in [0.15, 0.2) is 17.6 Å². The van der Waals surface area contributed by atoms with Gasteiger partial charge in [-0.25, -0.2) is 9.97 Å². The van der Waals surface area contributed by atoms with Crippen LogP contribution in [0.25, 0.3) is 11.3 Å². The van der Waals surface area contributed by atoms with Gasteiger partial charge >= 0.3 is 0 Å². The van der Waals surface area contributed by atoms with Gasteiger partial charge in [0.05, 0.1) is 11.9 Å². The summed E-state index contributed by atoms with van der Waals surface area (Å²) < 4.78 is 0. The summed E-state index contributed by atoms with van der Waals surface area (Å²) in [6.07, 6.45) is 6.47. The first kappa shape index (κ1) is 24.1. The molecular weight excluding hydrogens is 418 g/mol. The van der Waals surface area contributed by atoms with Crippen molar-refractivity contribution in [3.8, 4) is 11.3 Å². The molecule has 8 heteroatoms.